The topological polar surface area (TPSA) is 3.24 Å². The molecule has 0 aliphatic carbocycles. The summed E-state index contributed by atoms with van der Waals surface area (Å²) < 4.78 is 11.6. The lowest BCUT2D eigenvalue weighted by atomic mass is 10.3. The van der Waals surface area contributed by atoms with E-state index in [0.717, 1.165) is 18.7 Å². The van der Waals surface area contributed by atoms with Crippen molar-refractivity contribution in [1.29, 1.82) is 0 Å². The number of allylic oxidation sites excluding steroid dienone is 3. The van der Waals surface area contributed by atoms with E-state index in [1.165, 1.54) is 6.08 Å². The van der Waals surface area contributed by atoms with E-state index in [9.17, 15) is 4.39 Å². The fourth-order valence-electron chi connectivity index (χ4n) is 0.764. The van der Waals surface area contributed by atoms with Crippen molar-refractivity contribution >= 4 is 0 Å². The van der Waals surface area contributed by atoms with Crippen LogP contribution in [0.2, 0.25) is 0 Å². The van der Waals surface area contributed by atoms with Crippen LogP contribution in [0.3, 0.4) is 0 Å². The molecular weight excluding hydrogens is 165 g/mol. The maximum Gasteiger partial charge on any atom is 0.0866 e. The van der Waals surface area contributed by atoms with Crippen molar-refractivity contribution < 1.29 is 4.39 Å². The van der Waals surface area contributed by atoms with E-state index < -0.39 is 0 Å². The van der Waals surface area contributed by atoms with E-state index in [1.807, 2.05) is 18.0 Å². The van der Waals surface area contributed by atoms with Gasteiger partial charge in [0.05, 0.1) is 6.33 Å². The van der Waals surface area contributed by atoms with E-state index in [4.69, 9.17) is 0 Å². The predicted molar refractivity (Wildman–Crippen MR) is 56.0 cm³/mol. The van der Waals surface area contributed by atoms with Gasteiger partial charge in [-0.3, -0.25) is 0 Å². The third-order valence-corrected chi connectivity index (χ3v) is 1.63. The summed E-state index contributed by atoms with van der Waals surface area (Å²) in [6, 6.07) is 0. The number of halogens is 1. The number of hydrogen-bond donors (Lipinski definition) is 0. The van der Waals surface area contributed by atoms with Gasteiger partial charge in [0.15, 0.2) is 0 Å². The zero-order valence-corrected chi connectivity index (χ0v) is 8.04. The third kappa shape index (κ3) is 5.91. The van der Waals surface area contributed by atoms with Crippen molar-refractivity contribution in [3.63, 3.8) is 0 Å². The standard InChI is InChI=1S/C11H16FN/c1-4-5-10-13(3)11(2)8-6-7-9-12/h4,6-9H,1-2,5,10H2,3H3/b8-6+,9-7-. The summed E-state index contributed by atoms with van der Waals surface area (Å²) in [5.41, 5.74) is 0.861. The molecule has 0 amide bonds. The molecule has 0 aromatic heterocycles. The quantitative estimate of drug-likeness (QED) is 0.449. The summed E-state index contributed by atoms with van der Waals surface area (Å²) in [5.74, 6) is 0. The Bertz CT molecular complexity index is 216. The largest absolute Gasteiger partial charge is 0.375 e. The van der Waals surface area contributed by atoms with Gasteiger partial charge in [-0.1, -0.05) is 18.7 Å². The van der Waals surface area contributed by atoms with Crippen molar-refractivity contribution in [2.45, 2.75) is 6.42 Å². The molecule has 2 heteroatoms. The van der Waals surface area contributed by atoms with Gasteiger partial charge in [0.25, 0.3) is 0 Å². The summed E-state index contributed by atoms with van der Waals surface area (Å²) >= 11 is 0. The fourth-order valence-corrected chi connectivity index (χ4v) is 0.764. The zero-order valence-electron chi connectivity index (χ0n) is 8.04. The monoisotopic (exact) mass is 181 g/mol. The van der Waals surface area contributed by atoms with Gasteiger partial charge in [-0.25, -0.2) is 4.39 Å². The van der Waals surface area contributed by atoms with Gasteiger partial charge in [-0.15, -0.1) is 6.58 Å². The Morgan fingerprint density at radius 1 is 1.46 bits per heavy atom. The molecule has 1 nitrogen and oxygen atoms in total. The van der Waals surface area contributed by atoms with E-state index in [0.29, 0.717) is 6.33 Å². The molecule has 0 aromatic carbocycles. The molecule has 0 rings (SSSR count). The lowest BCUT2D eigenvalue weighted by Crippen LogP contribution is -2.16. The molecule has 0 heterocycles. The Morgan fingerprint density at radius 2 is 2.15 bits per heavy atom. The predicted octanol–water partition coefficient (Wildman–Crippen LogP) is 3.05. The number of hydrogen-bond acceptors (Lipinski definition) is 1. The second-order valence-electron chi connectivity index (χ2n) is 2.67. The molecule has 0 atom stereocenters. The second-order valence-corrected chi connectivity index (χ2v) is 2.67. The van der Waals surface area contributed by atoms with Crippen molar-refractivity contribution in [3.8, 4) is 0 Å². The highest BCUT2D eigenvalue weighted by atomic mass is 19.1. The first kappa shape index (κ1) is 11.7. The lowest BCUT2D eigenvalue weighted by molar-refractivity contribution is 0.440. The summed E-state index contributed by atoms with van der Waals surface area (Å²) in [6.45, 7) is 8.34. The van der Waals surface area contributed by atoms with E-state index in [1.54, 1.807) is 12.2 Å². The molecule has 0 aliphatic heterocycles. The van der Waals surface area contributed by atoms with Gasteiger partial charge in [0, 0.05) is 19.3 Å². The molecule has 0 unspecified atom stereocenters. The third-order valence-electron chi connectivity index (χ3n) is 1.63. The minimum atomic E-state index is 0.494. The van der Waals surface area contributed by atoms with Gasteiger partial charge in [0.1, 0.15) is 0 Å². The van der Waals surface area contributed by atoms with Crippen LogP contribution in [0.1, 0.15) is 6.42 Å². The Labute approximate surface area is 79.6 Å². The average molecular weight is 181 g/mol. The normalized spacial score (nSPS) is 10.9. The molecule has 0 aromatic rings. The van der Waals surface area contributed by atoms with Gasteiger partial charge in [0.2, 0.25) is 0 Å². The van der Waals surface area contributed by atoms with E-state index in [-0.39, 0.29) is 0 Å². The highest BCUT2D eigenvalue weighted by molar-refractivity contribution is 5.17. The van der Waals surface area contributed by atoms with Crippen LogP contribution in [0.4, 0.5) is 4.39 Å². The minimum Gasteiger partial charge on any atom is -0.375 e. The first-order valence-corrected chi connectivity index (χ1v) is 4.16. The van der Waals surface area contributed by atoms with Gasteiger partial charge < -0.3 is 4.90 Å². The highest BCUT2D eigenvalue weighted by Gasteiger charge is 1.94. The van der Waals surface area contributed by atoms with Crippen molar-refractivity contribution in [3.05, 3.63) is 49.5 Å². The van der Waals surface area contributed by atoms with Crippen molar-refractivity contribution in [2.24, 2.45) is 0 Å². The molecule has 13 heavy (non-hydrogen) atoms. The first-order chi connectivity index (χ1) is 6.22. The van der Waals surface area contributed by atoms with Gasteiger partial charge in [-0.2, -0.15) is 0 Å². The van der Waals surface area contributed by atoms with Gasteiger partial charge >= 0.3 is 0 Å². The Hall–Kier alpha value is -1.31. The van der Waals surface area contributed by atoms with Crippen LogP contribution >= 0.6 is 0 Å². The van der Waals surface area contributed by atoms with Crippen LogP contribution < -0.4 is 0 Å². The minimum absolute atomic E-state index is 0.494. The first-order valence-electron chi connectivity index (χ1n) is 4.16. The van der Waals surface area contributed by atoms with Crippen LogP contribution in [-0.4, -0.2) is 18.5 Å². The van der Waals surface area contributed by atoms with E-state index >= 15 is 0 Å². The van der Waals surface area contributed by atoms with Crippen molar-refractivity contribution in [2.75, 3.05) is 13.6 Å². The maximum atomic E-state index is 11.6. The van der Waals surface area contributed by atoms with Crippen LogP contribution in [0.5, 0.6) is 0 Å². The van der Waals surface area contributed by atoms with E-state index in [2.05, 4.69) is 13.2 Å². The molecule has 0 saturated heterocycles. The number of rotatable bonds is 6. The molecule has 0 bridgehead atoms. The Kier molecular flexibility index (Phi) is 6.60. The van der Waals surface area contributed by atoms with Crippen LogP contribution in [-0.2, 0) is 0 Å². The number of likely N-dealkylation sites (N-methyl/N-ethyl adjacent to an activating group) is 1. The summed E-state index contributed by atoms with van der Waals surface area (Å²) in [4.78, 5) is 1.99. The van der Waals surface area contributed by atoms with Crippen molar-refractivity contribution in [1.82, 2.24) is 4.90 Å². The second kappa shape index (κ2) is 7.35. The molecule has 0 fully saturated rings. The SMILES string of the molecule is C=CCCN(C)C(=C)/C=C/C=C\F. The molecule has 0 N–H and O–H groups in total. The highest BCUT2D eigenvalue weighted by Crippen LogP contribution is 2.01. The maximum absolute atomic E-state index is 11.6. The molecule has 72 valence electrons. The summed E-state index contributed by atoms with van der Waals surface area (Å²) in [7, 11) is 1.94. The van der Waals surface area contributed by atoms with Gasteiger partial charge in [-0.05, 0) is 18.6 Å². The van der Waals surface area contributed by atoms with Crippen LogP contribution in [0.25, 0.3) is 0 Å². The Morgan fingerprint density at radius 3 is 2.69 bits per heavy atom. The molecular formula is C11H16FN. The van der Waals surface area contributed by atoms with Crippen LogP contribution in [0.15, 0.2) is 49.5 Å². The average Bonchev–Trinajstić information content (AvgIpc) is 2.14. The Balaban J connectivity index is 3.88. The smallest absolute Gasteiger partial charge is 0.0866 e. The molecule has 0 aliphatic rings. The summed E-state index contributed by atoms with van der Waals surface area (Å²) in [5, 5.41) is 0. The van der Waals surface area contributed by atoms with Crippen LogP contribution in [0, 0.1) is 0 Å². The zero-order chi connectivity index (χ0) is 10.1. The summed E-state index contributed by atoms with van der Waals surface area (Å²) in [6.07, 6.45) is 7.98. The fraction of sp³-hybridized carbons (Fsp3) is 0.273. The molecule has 0 radical (unpaired) electrons. The molecule has 0 saturated carbocycles. The number of nitrogens with zero attached hydrogens (tertiary/aromatic N) is 1. The molecule has 0 spiro atoms. The lowest BCUT2D eigenvalue weighted by Gasteiger charge is -2.17.